The third-order valence-corrected chi connectivity index (χ3v) is 3.50. The normalized spacial score (nSPS) is 16.4. The highest BCUT2D eigenvalue weighted by Crippen LogP contribution is 2.30. The standard InChI is InChI=1S/C14H11Cl2NO6/c1-14(2)22-12(20)7(13(21)23-14)5-17-10-4-9(16)8(15)3-6(10)11(18)19/h3-5,17H,1-2H3,(H,18,19). The number of carbonyl (C=O) groups is 3. The number of halogens is 2. The smallest absolute Gasteiger partial charge is 0.350 e. The monoisotopic (exact) mass is 359 g/mol. The Morgan fingerprint density at radius 3 is 2.22 bits per heavy atom. The van der Waals surface area contributed by atoms with E-state index in [2.05, 4.69) is 5.32 Å². The average molecular weight is 360 g/mol. The van der Waals surface area contributed by atoms with Crippen molar-refractivity contribution >= 4 is 46.8 Å². The first-order valence-electron chi connectivity index (χ1n) is 6.26. The molecular weight excluding hydrogens is 349 g/mol. The van der Waals surface area contributed by atoms with E-state index in [-0.39, 0.29) is 21.3 Å². The number of rotatable bonds is 3. The Bertz CT molecular complexity index is 719. The largest absolute Gasteiger partial charge is 0.478 e. The van der Waals surface area contributed by atoms with E-state index in [1.165, 1.54) is 19.9 Å². The zero-order chi connectivity index (χ0) is 17.4. The minimum atomic E-state index is -1.36. The van der Waals surface area contributed by atoms with Crippen LogP contribution in [0.2, 0.25) is 10.0 Å². The summed E-state index contributed by atoms with van der Waals surface area (Å²) in [5, 5.41) is 11.8. The molecule has 1 heterocycles. The van der Waals surface area contributed by atoms with E-state index in [9.17, 15) is 14.4 Å². The van der Waals surface area contributed by atoms with Gasteiger partial charge in [-0.1, -0.05) is 23.2 Å². The van der Waals surface area contributed by atoms with Crippen LogP contribution in [0, 0.1) is 0 Å². The van der Waals surface area contributed by atoms with Crippen LogP contribution < -0.4 is 5.32 Å². The molecule has 0 spiro atoms. The molecule has 1 saturated heterocycles. The second-order valence-corrected chi connectivity index (χ2v) is 5.81. The second-order valence-electron chi connectivity index (χ2n) is 5.00. The number of hydrogen-bond acceptors (Lipinski definition) is 6. The Labute approximate surface area is 140 Å². The molecule has 1 aliphatic rings. The van der Waals surface area contributed by atoms with Gasteiger partial charge in [0.2, 0.25) is 0 Å². The van der Waals surface area contributed by atoms with Crippen molar-refractivity contribution in [2.24, 2.45) is 0 Å². The van der Waals surface area contributed by atoms with E-state index in [4.69, 9.17) is 37.8 Å². The molecule has 1 aromatic carbocycles. The number of hydrogen-bond donors (Lipinski definition) is 2. The summed E-state index contributed by atoms with van der Waals surface area (Å²) in [5.41, 5.74) is -0.550. The third-order valence-electron chi connectivity index (χ3n) is 2.78. The van der Waals surface area contributed by atoms with Crippen molar-refractivity contribution in [2.45, 2.75) is 19.6 Å². The van der Waals surface area contributed by atoms with E-state index in [1.54, 1.807) is 0 Å². The highest BCUT2D eigenvalue weighted by atomic mass is 35.5. The molecule has 122 valence electrons. The highest BCUT2D eigenvalue weighted by molar-refractivity contribution is 6.42. The van der Waals surface area contributed by atoms with Gasteiger partial charge in [-0.2, -0.15) is 0 Å². The summed E-state index contributed by atoms with van der Waals surface area (Å²) >= 11 is 11.6. The van der Waals surface area contributed by atoms with E-state index in [0.717, 1.165) is 12.3 Å². The van der Waals surface area contributed by atoms with Gasteiger partial charge in [-0.25, -0.2) is 14.4 Å². The Morgan fingerprint density at radius 2 is 1.70 bits per heavy atom. The van der Waals surface area contributed by atoms with Crippen LogP contribution in [-0.2, 0) is 19.1 Å². The molecule has 2 N–H and O–H groups in total. The molecule has 1 aromatic rings. The van der Waals surface area contributed by atoms with Crippen LogP contribution in [0.15, 0.2) is 23.9 Å². The quantitative estimate of drug-likeness (QED) is 0.485. The first-order valence-corrected chi connectivity index (χ1v) is 7.02. The lowest BCUT2D eigenvalue weighted by Gasteiger charge is -2.29. The minimum absolute atomic E-state index is 0.0461. The Balaban J connectivity index is 2.33. The van der Waals surface area contributed by atoms with Gasteiger partial charge >= 0.3 is 17.9 Å². The maximum Gasteiger partial charge on any atom is 0.350 e. The van der Waals surface area contributed by atoms with Crippen molar-refractivity contribution in [2.75, 3.05) is 5.32 Å². The van der Waals surface area contributed by atoms with Crippen LogP contribution in [-0.4, -0.2) is 28.8 Å². The third kappa shape index (κ3) is 3.75. The molecule has 1 aliphatic heterocycles. The van der Waals surface area contributed by atoms with Crippen molar-refractivity contribution in [1.82, 2.24) is 0 Å². The lowest BCUT2D eigenvalue weighted by atomic mass is 10.1. The Kier molecular flexibility index (Phi) is 4.53. The van der Waals surface area contributed by atoms with Crippen LogP contribution in [0.1, 0.15) is 24.2 Å². The molecular formula is C14H11Cl2NO6. The van der Waals surface area contributed by atoms with Gasteiger partial charge < -0.3 is 19.9 Å². The number of esters is 2. The number of carboxylic acid groups (broad SMARTS) is 1. The van der Waals surface area contributed by atoms with E-state index < -0.39 is 29.3 Å². The van der Waals surface area contributed by atoms with Crippen LogP contribution in [0.5, 0.6) is 0 Å². The SMILES string of the molecule is CC1(C)OC(=O)C(=CNc2cc(Cl)c(Cl)cc2C(=O)O)C(=O)O1. The van der Waals surface area contributed by atoms with Crippen molar-refractivity contribution in [3.05, 3.63) is 39.5 Å². The molecule has 7 nitrogen and oxygen atoms in total. The van der Waals surface area contributed by atoms with Crippen LogP contribution in [0.4, 0.5) is 5.69 Å². The summed E-state index contributed by atoms with van der Waals surface area (Å²) < 4.78 is 9.82. The molecule has 0 aromatic heterocycles. The number of carboxylic acids is 1. The van der Waals surface area contributed by atoms with Gasteiger partial charge in [0.05, 0.1) is 21.3 Å². The van der Waals surface area contributed by atoms with Crippen LogP contribution in [0.3, 0.4) is 0 Å². The van der Waals surface area contributed by atoms with Crippen molar-refractivity contribution in [3.8, 4) is 0 Å². The fourth-order valence-electron chi connectivity index (χ4n) is 1.77. The van der Waals surface area contributed by atoms with Crippen molar-refractivity contribution < 1.29 is 29.0 Å². The molecule has 0 unspecified atom stereocenters. The summed E-state index contributed by atoms with van der Waals surface area (Å²) in [6.45, 7) is 2.82. The molecule has 23 heavy (non-hydrogen) atoms. The molecule has 0 radical (unpaired) electrons. The van der Waals surface area contributed by atoms with Gasteiger partial charge in [-0.3, -0.25) is 0 Å². The van der Waals surface area contributed by atoms with Crippen molar-refractivity contribution in [3.63, 3.8) is 0 Å². The Morgan fingerprint density at radius 1 is 1.17 bits per heavy atom. The zero-order valence-corrected chi connectivity index (χ0v) is 13.5. The minimum Gasteiger partial charge on any atom is -0.478 e. The molecule has 0 saturated carbocycles. The van der Waals surface area contributed by atoms with Crippen LogP contribution >= 0.6 is 23.2 Å². The van der Waals surface area contributed by atoms with Crippen molar-refractivity contribution in [1.29, 1.82) is 0 Å². The lowest BCUT2D eigenvalue weighted by Crippen LogP contribution is -2.42. The highest BCUT2D eigenvalue weighted by Gasteiger charge is 2.39. The second kappa shape index (κ2) is 6.10. The number of carbonyl (C=O) groups excluding carboxylic acids is 2. The molecule has 9 heteroatoms. The number of ether oxygens (including phenoxy) is 2. The number of nitrogens with one attached hydrogen (secondary N) is 1. The van der Waals surface area contributed by atoms with E-state index in [0.29, 0.717) is 0 Å². The topological polar surface area (TPSA) is 102 Å². The first kappa shape index (κ1) is 17.1. The molecule has 0 bridgehead atoms. The van der Waals surface area contributed by atoms with E-state index in [1.807, 2.05) is 0 Å². The summed E-state index contributed by atoms with van der Waals surface area (Å²) in [5.74, 6) is -4.41. The predicted octanol–water partition coefficient (Wildman–Crippen LogP) is 2.82. The number of aromatic carboxylic acids is 1. The first-order chi connectivity index (χ1) is 10.6. The average Bonchev–Trinajstić information content (AvgIpc) is 2.39. The van der Waals surface area contributed by atoms with Gasteiger partial charge in [0.1, 0.15) is 0 Å². The number of anilines is 1. The zero-order valence-electron chi connectivity index (χ0n) is 12.0. The van der Waals surface area contributed by atoms with Gasteiger partial charge in [-0.05, 0) is 12.1 Å². The van der Waals surface area contributed by atoms with Crippen LogP contribution in [0.25, 0.3) is 0 Å². The summed E-state index contributed by atoms with van der Waals surface area (Å²) in [4.78, 5) is 34.8. The molecule has 2 rings (SSSR count). The Hall–Kier alpha value is -2.25. The summed E-state index contributed by atoms with van der Waals surface area (Å²) in [6, 6.07) is 2.40. The summed E-state index contributed by atoms with van der Waals surface area (Å²) in [7, 11) is 0. The molecule has 0 atom stereocenters. The maximum absolute atomic E-state index is 11.8. The number of cyclic esters (lactones) is 2. The fourth-order valence-corrected chi connectivity index (χ4v) is 2.10. The number of benzene rings is 1. The fraction of sp³-hybridized carbons (Fsp3) is 0.214. The van der Waals surface area contributed by atoms with Gasteiger partial charge in [0.25, 0.3) is 5.79 Å². The lowest BCUT2D eigenvalue weighted by molar-refractivity contribution is -0.222. The predicted molar refractivity (Wildman–Crippen MR) is 81.4 cm³/mol. The maximum atomic E-state index is 11.8. The molecule has 0 aliphatic carbocycles. The van der Waals surface area contributed by atoms with E-state index >= 15 is 0 Å². The van der Waals surface area contributed by atoms with Gasteiger partial charge in [0.15, 0.2) is 5.57 Å². The van der Waals surface area contributed by atoms with Gasteiger partial charge in [-0.15, -0.1) is 0 Å². The molecule has 1 fully saturated rings. The molecule has 0 amide bonds. The summed E-state index contributed by atoms with van der Waals surface area (Å²) in [6.07, 6.45) is 0.992. The van der Waals surface area contributed by atoms with Gasteiger partial charge in [0, 0.05) is 20.0 Å².